The molecule has 2 aliphatic rings. The van der Waals surface area contributed by atoms with Gasteiger partial charge in [0.1, 0.15) is 17.1 Å². The Balaban J connectivity index is 0.00000261. The third-order valence-corrected chi connectivity index (χ3v) is 5.78. The summed E-state index contributed by atoms with van der Waals surface area (Å²) in [6, 6.07) is -0.971. The van der Waals surface area contributed by atoms with Crippen LogP contribution in [0.25, 0.3) is 0 Å². The van der Waals surface area contributed by atoms with E-state index in [1.807, 2.05) is 0 Å². The second-order valence-corrected chi connectivity index (χ2v) is 7.24. The first-order valence-corrected chi connectivity index (χ1v) is 9.07. The van der Waals surface area contributed by atoms with Crippen molar-refractivity contribution in [1.82, 2.24) is 15.2 Å². The Morgan fingerprint density at radius 2 is 2.26 bits per heavy atom. The number of aromatic nitrogens is 1. The molecule has 1 unspecified atom stereocenters. The van der Waals surface area contributed by atoms with E-state index in [4.69, 9.17) is 10.9 Å². The molecule has 0 bridgehead atoms. The van der Waals surface area contributed by atoms with Gasteiger partial charge in [-0.2, -0.15) is 0 Å². The molecule has 1 fully saturated rings. The maximum atomic E-state index is 12.4. The van der Waals surface area contributed by atoms with Crippen LogP contribution in [0.3, 0.4) is 0 Å². The van der Waals surface area contributed by atoms with Gasteiger partial charge < -0.3 is 26.2 Å². The fourth-order valence-corrected chi connectivity index (χ4v) is 4.50. The third-order valence-electron chi connectivity index (χ3n) is 3.80. The van der Waals surface area contributed by atoms with Crippen LogP contribution in [0.2, 0.25) is 0 Å². The number of carboxylic acid groups (broad SMARTS) is 1. The van der Waals surface area contributed by atoms with Gasteiger partial charge in [0, 0.05) is 11.1 Å². The van der Waals surface area contributed by atoms with E-state index in [0.29, 0.717) is 11.3 Å². The number of oxime groups is 1. The summed E-state index contributed by atoms with van der Waals surface area (Å²) >= 11 is 2.33. The summed E-state index contributed by atoms with van der Waals surface area (Å²) in [6.45, 7) is 3.53. The van der Waals surface area contributed by atoms with E-state index in [1.165, 1.54) is 23.2 Å². The predicted molar refractivity (Wildman–Crippen MR) is 92.1 cm³/mol. The maximum Gasteiger partial charge on any atom is 1.00 e. The molecule has 13 heteroatoms. The van der Waals surface area contributed by atoms with E-state index >= 15 is 0 Å². The van der Waals surface area contributed by atoms with Crippen LogP contribution in [0.5, 0.6) is 0 Å². The van der Waals surface area contributed by atoms with Gasteiger partial charge in [-0.25, -0.2) is 4.98 Å². The van der Waals surface area contributed by atoms with Crippen LogP contribution >= 0.6 is 23.1 Å². The summed E-state index contributed by atoms with van der Waals surface area (Å²) in [4.78, 5) is 40.9. The molecule has 136 valence electrons. The number of carboxylic acids is 1. The minimum Gasteiger partial charge on any atom is -0.543 e. The van der Waals surface area contributed by atoms with Crippen molar-refractivity contribution in [2.24, 2.45) is 5.16 Å². The van der Waals surface area contributed by atoms with Gasteiger partial charge in [0.2, 0.25) is 0 Å². The molecule has 1 aromatic heterocycles. The zero-order chi connectivity index (χ0) is 19.0. The number of nitrogen functional groups attached to an aromatic ring is 1. The number of thiazole rings is 1. The number of nitrogens with one attached hydrogen (secondary N) is 1. The van der Waals surface area contributed by atoms with E-state index in [-0.39, 0.29) is 67.9 Å². The van der Waals surface area contributed by atoms with Crippen LogP contribution in [-0.2, 0) is 14.4 Å². The zero-order valence-electron chi connectivity index (χ0n) is 14.0. The minimum atomic E-state index is -1.49. The summed E-state index contributed by atoms with van der Waals surface area (Å²) in [7, 11) is 0. The van der Waals surface area contributed by atoms with Crippen LogP contribution < -0.4 is 67.5 Å². The van der Waals surface area contributed by atoms with Crippen LogP contribution in [-0.4, -0.2) is 55.8 Å². The molecule has 0 aliphatic carbocycles. The maximum absolute atomic E-state index is 12.4. The third kappa shape index (κ3) is 3.99. The number of carbonyl (C=O) groups excluding carboxylic acids is 3. The Kier molecular flexibility index (Phi) is 7.24. The predicted octanol–water partition coefficient (Wildman–Crippen LogP) is -4.50. The largest absolute Gasteiger partial charge is 1.00 e. The van der Waals surface area contributed by atoms with E-state index in [1.54, 1.807) is 0 Å². The van der Waals surface area contributed by atoms with E-state index in [9.17, 15) is 19.5 Å². The number of fused-ring (bicyclic) bond motifs is 1. The Bertz CT molecular complexity index is 883. The second kappa shape index (κ2) is 8.85. The summed E-state index contributed by atoms with van der Waals surface area (Å²) in [5, 5.41) is 26.8. The number of amides is 2. The molecule has 2 amide bonds. The number of allylic oxidation sites excluding steroid dienone is 1. The number of thioether (sulfide) groups is 1. The molecule has 27 heavy (non-hydrogen) atoms. The minimum absolute atomic E-state index is 0. The van der Waals surface area contributed by atoms with Crippen LogP contribution in [0.15, 0.2) is 34.5 Å². The molecule has 0 spiro atoms. The molecule has 1 aromatic rings. The number of nitrogens with two attached hydrogens (primary N) is 1. The molecular formula is C14H12KN5O5S2. The van der Waals surface area contributed by atoms with E-state index in [0.717, 1.165) is 16.2 Å². The first kappa shape index (κ1) is 22.1. The summed E-state index contributed by atoms with van der Waals surface area (Å²) in [5.74, 6) is -2.62. The molecular weight excluding hydrogens is 421 g/mol. The Morgan fingerprint density at radius 1 is 1.56 bits per heavy atom. The standard InChI is InChI=1S/C14H13N5O5S2.K/c1-2-5-3-25-12-8(11(21)19(12)9(5)13(22)23)17-10(20)7(18-24)6-4-26-14(15)16-6;/h2,4,8,12,24H,1,3H2,(H2,15,16)(H,17,20)(H,22,23);/q;+1/p-1/b18-7-;/t8?,12-;/m1./s1. The number of hydrogen-bond donors (Lipinski definition) is 3. The summed E-state index contributed by atoms with van der Waals surface area (Å²) in [5.41, 5.74) is 5.29. The van der Waals surface area contributed by atoms with Gasteiger partial charge in [-0.05, 0) is 5.57 Å². The number of nitrogens with zero attached hydrogens (tertiary/aromatic N) is 3. The number of hydrogen-bond acceptors (Lipinski definition) is 10. The van der Waals surface area contributed by atoms with Gasteiger partial charge in [-0.3, -0.25) is 14.5 Å². The summed E-state index contributed by atoms with van der Waals surface area (Å²) < 4.78 is 0. The number of anilines is 1. The van der Waals surface area contributed by atoms with E-state index in [2.05, 4.69) is 22.0 Å². The molecule has 3 rings (SSSR count). The van der Waals surface area contributed by atoms with Crippen LogP contribution in [0.4, 0.5) is 5.13 Å². The van der Waals surface area contributed by atoms with Crippen LogP contribution in [0, 0.1) is 0 Å². The van der Waals surface area contributed by atoms with Gasteiger partial charge >= 0.3 is 51.4 Å². The molecule has 0 saturated carbocycles. The molecule has 2 atom stereocenters. The van der Waals surface area contributed by atoms with Crippen molar-refractivity contribution < 1.29 is 76.1 Å². The summed E-state index contributed by atoms with van der Waals surface area (Å²) in [6.07, 6.45) is 1.36. The number of aliphatic carboxylic acids is 1. The fourth-order valence-electron chi connectivity index (χ4n) is 2.61. The normalized spacial score (nSPS) is 21.7. The molecule has 10 nitrogen and oxygen atoms in total. The number of rotatable bonds is 5. The molecule has 0 aromatic carbocycles. The van der Waals surface area contributed by atoms with Crippen molar-refractivity contribution in [3.05, 3.63) is 35.0 Å². The monoisotopic (exact) mass is 433 g/mol. The smallest absolute Gasteiger partial charge is 0.543 e. The SMILES string of the molecule is C=CC1=C(C(=O)[O-])N2C(=O)C(NC(=O)/C(=N\O)c3csc(N)n3)[C@H]2SC1.[K+]. The number of carbonyl (C=O) groups is 3. The van der Waals surface area contributed by atoms with Crippen molar-refractivity contribution in [1.29, 1.82) is 0 Å². The van der Waals surface area contributed by atoms with Crippen molar-refractivity contribution >= 4 is 51.7 Å². The Morgan fingerprint density at radius 3 is 2.78 bits per heavy atom. The second-order valence-electron chi connectivity index (χ2n) is 5.25. The van der Waals surface area contributed by atoms with Gasteiger partial charge in [-0.15, -0.1) is 23.1 Å². The van der Waals surface area contributed by atoms with Gasteiger partial charge in [0.05, 0.1) is 11.7 Å². The molecule has 1 saturated heterocycles. The Labute approximate surface area is 204 Å². The van der Waals surface area contributed by atoms with Crippen molar-refractivity contribution in [3.8, 4) is 0 Å². The average Bonchev–Trinajstić information content (AvgIpc) is 3.04. The zero-order valence-corrected chi connectivity index (χ0v) is 18.8. The van der Waals surface area contributed by atoms with Crippen LogP contribution in [0.1, 0.15) is 5.69 Å². The van der Waals surface area contributed by atoms with Gasteiger partial charge in [0.15, 0.2) is 10.8 Å². The number of β-lactam (4-membered cyclic amide) rings is 1. The first-order valence-electron chi connectivity index (χ1n) is 7.15. The quantitative estimate of drug-likeness (QED) is 0.138. The van der Waals surface area contributed by atoms with Gasteiger partial charge in [0.25, 0.3) is 11.8 Å². The molecule has 2 aliphatic heterocycles. The Hall–Kier alpha value is -1.22. The van der Waals surface area contributed by atoms with Crippen molar-refractivity contribution in [2.75, 3.05) is 11.5 Å². The van der Waals surface area contributed by atoms with Crippen molar-refractivity contribution in [3.63, 3.8) is 0 Å². The van der Waals surface area contributed by atoms with Crippen molar-refractivity contribution in [2.45, 2.75) is 11.4 Å². The van der Waals surface area contributed by atoms with E-state index < -0.39 is 34.9 Å². The molecule has 4 N–H and O–H groups in total. The topological polar surface area (TPSA) is 161 Å². The average molecular weight is 434 g/mol. The fraction of sp³-hybridized carbons (Fsp3) is 0.214. The molecule has 0 radical (unpaired) electrons. The molecule has 3 heterocycles. The van der Waals surface area contributed by atoms with Gasteiger partial charge in [-0.1, -0.05) is 17.8 Å². The first-order chi connectivity index (χ1) is 12.4.